The molecule has 14 heavy (non-hydrogen) atoms. The van der Waals surface area contributed by atoms with Crippen molar-refractivity contribution in [2.45, 2.75) is 25.8 Å². The Balaban J connectivity index is 3.08. The topological polar surface area (TPSA) is 72.3 Å². The van der Waals surface area contributed by atoms with Gasteiger partial charge < -0.3 is 16.6 Å². The molecule has 0 heterocycles. The lowest BCUT2D eigenvalue weighted by Gasteiger charge is -2.14. The van der Waals surface area contributed by atoms with E-state index in [1.54, 1.807) is 6.07 Å². The molecule has 1 rings (SSSR count). The minimum Gasteiger partial charge on any atom is -0.508 e. The summed E-state index contributed by atoms with van der Waals surface area (Å²) >= 11 is 0. The van der Waals surface area contributed by atoms with Crippen LogP contribution in [0.1, 0.15) is 36.9 Å². The van der Waals surface area contributed by atoms with Crippen molar-refractivity contribution in [3.63, 3.8) is 0 Å². The molecule has 0 saturated heterocycles. The van der Waals surface area contributed by atoms with Crippen LogP contribution in [0, 0.1) is 0 Å². The fourth-order valence-electron chi connectivity index (χ4n) is 1.36. The predicted molar refractivity (Wildman–Crippen MR) is 58.2 cm³/mol. The van der Waals surface area contributed by atoms with Crippen molar-refractivity contribution in [1.82, 2.24) is 0 Å². The Labute approximate surface area is 84.7 Å². The van der Waals surface area contributed by atoms with Crippen LogP contribution in [0.2, 0.25) is 0 Å². The first-order chi connectivity index (χ1) is 6.56. The number of nitrogens with two attached hydrogens (primary N) is 2. The van der Waals surface area contributed by atoms with Crippen LogP contribution < -0.4 is 11.5 Å². The first-order valence-corrected chi connectivity index (χ1v) is 4.84. The van der Waals surface area contributed by atoms with Gasteiger partial charge in [-0.05, 0) is 17.5 Å². The van der Waals surface area contributed by atoms with E-state index in [1.165, 1.54) is 5.56 Å². The van der Waals surface area contributed by atoms with Gasteiger partial charge in [-0.1, -0.05) is 26.0 Å². The smallest absolute Gasteiger partial charge is 0.120 e. The van der Waals surface area contributed by atoms with Crippen molar-refractivity contribution in [3.05, 3.63) is 29.3 Å². The van der Waals surface area contributed by atoms with Gasteiger partial charge in [0.15, 0.2) is 0 Å². The minimum atomic E-state index is -0.284. The van der Waals surface area contributed by atoms with E-state index in [4.69, 9.17) is 11.5 Å². The molecule has 0 aliphatic rings. The summed E-state index contributed by atoms with van der Waals surface area (Å²) < 4.78 is 0. The number of phenolic OH excluding ortho intramolecular Hbond substituents is 1. The van der Waals surface area contributed by atoms with Crippen LogP contribution in [0.4, 0.5) is 0 Å². The number of phenols is 1. The molecule has 3 nitrogen and oxygen atoms in total. The van der Waals surface area contributed by atoms with Gasteiger partial charge in [0.2, 0.25) is 0 Å². The van der Waals surface area contributed by atoms with Crippen molar-refractivity contribution < 1.29 is 5.11 Å². The zero-order valence-electron chi connectivity index (χ0n) is 8.70. The van der Waals surface area contributed by atoms with Crippen molar-refractivity contribution in [3.8, 4) is 5.75 Å². The van der Waals surface area contributed by atoms with Crippen LogP contribution in [0.5, 0.6) is 5.75 Å². The monoisotopic (exact) mass is 194 g/mol. The van der Waals surface area contributed by atoms with Gasteiger partial charge in [0.05, 0.1) is 0 Å². The van der Waals surface area contributed by atoms with Crippen molar-refractivity contribution in [2.75, 3.05) is 6.54 Å². The molecule has 5 N–H and O–H groups in total. The summed E-state index contributed by atoms with van der Waals surface area (Å²) in [4.78, 5) is 0. The molecule has 0 unspecified atom stereocenters. The molecule has 1 aromatic rings. The first-order valence-electron chi connectivity index (χ1n) is 4.84. The molecule has 0 amide bonds. The predicted octanol–water partition coefficient (Wildman–Crippen LogP) is 1.47. The maximum absolute atomic E-state index is 9.58. The second kappa shape index (κ2) is 4.44. The third-order valence-corrected chi connectivity index (χ3v) is 2.37. The maximum Gasteiger partial charge on any atom is 0.120 e. The summed E-state index contributed by atoms with van der Waals surface area (Å²) in [6.07, 6.45) is 0. The lowest BCUT2D eigenvalue weighted by Crippen LogP contribution is -2.21. The van der Waals surface area contributed by atoms with E-state index in [9.17, 15) is 5.11 Å². The van der Waals surface area contributed by atoms with Crippen LogP contribution in [-0.2, 0) is 0 Å². The second-order valence-electron chi connectivity index (χ2n) is 3.82. The quantitative estimate of drug-likeness (QED) is 0.682. The van der Waals surface area contributed by atoms with Crippen LogP contribution >= 0.6 is 0 Å². The van der Waals surface area contributed by atoms with Gasteiger partial charge in [0.25, 0.3) is 0 Å². The summed E-state index contributed by atoms with van der Waals surface area (Å²) in [5.41, 5.74) is 13.1. The number of benzene rings is 1. The molecule has 0 fully saturated rings. The van der Waals surface area contributed by atoms with Gasteiger partial charge in [0, 0.05) is 18.2 Å². The molecule has 0 aliphatic heterocycles. The Hall–Kier alpha value is -1.06. The molecule has 0 saturated carbocycles. The van der Waals surface area contributed by atoms with Crippen LogP contribution in [-0.4, -0.2) is 11.7 Å². The summed E-state index contributed by atoms with van der Waals surface area (Å²) in [6.45, 7) is 4.55. The van der Waals surface area contributed by atoms with Gasteiger partial charge in [-0.15, -0.1) is 0 Å². The standard InChI is InChI=1S/C11H18N2O/c1-7(2)8-3-4-11(14)9(5-8)10(13)6-12/h3-5,7,10,14H,6,12-13H2,1-2H3/t10-/m1/s1. The summed E-state index contributed by atoms with van der Waals surface area (Å²) in [5.74, 6) is 0.659. The fourth-order valence-corrected chi connectivity index (χ4v) is 1.36. The highest BCUT2D eigenvalue weighted by Crippen LogP contribution is 2.26. The van der Waals surface area contributed by atoms with Crippen LogP contribution in [0.3, 0.4) is 0 Å². The molecular weight excluding hydrogens is 176 g/mol. The number of hydrogen-bond donors (Lipinski definition) is 3. The Morgan fingerprint density at radius 2 is 2.00 bits per heavy atom. The molecular formula is C11H18N2O. The van der Waals surface area contributed by atoms with Gasteiger partial charge in [0.1, 0.15) is 5.75 Å². The molecule has 0 aliphatic carbocycles. The zero-order valence-corrected chi connectivity index (χ0v) is 8.70. The Bertz CT molecular complexity index is 310. The Morgan fingerprint density at radius 1 is 1.36 bits per heavy atom. The fraction of sp³-hybridized carbons (Fsp3) is 0.455. The number of hydrogen-bond acceptors (Lipinski definition) is 3. The lowest BCUT2D eigenvalue weighted by molar-refractivity contribution is 0.461. The van der Waals surface area contributed by atoms with Gasteiger partial charge in [-0.3, -0.25) is 0 Å². The van der Waals surface area contributed by atoms with E-state index < -0.39 is 0 Å². The minimum absolute atomic E-state index is 0.229. The van der Waals surface area contributed by atoms with E-state index in [1.807, 2.05) is 12.1 Å². The van der Waals surface area contributed by atoms with E-state index >= 15 is 0 Å². The molecule has 1 atom stereocenters. The summed E-state index contributed by atoms with van der Waals surface area (Å²) in [6, 6.07) is 5.23. The van der Waals surface area contributed by atoms with E-state index in [0.717, 1.165) is 5.56 Å². The highest BCUT2D eigenvalue weighted by Gasteiger charge is 2.10. The molecule has 78 valence electrons. The molecule has 0 spiro atoms. The van der Waals surface area contributed by atoms with Gasteiger partial charge >= 0.3 is 0 Å². The first kappa shape index (κ1) is 11.0. The Morgan fingerprint density at radius 3 is 2.50 bits per heavy atom. The SMILES string of the molecule is CC(C)c1ccc(O)c([C@H](N)CN)c1. The van der Waals surface area contributed by atoms with Gasteiger partial charge in [-0.25, -0.2) is 0 Å². The van der Waals surface area contributed by atoms with Crippen molar-refractivity contribution in [1.29, 1.82) is 0 Å². The van der Waals surface area contributed by atoms with Gasteiger partial charge in [-0.2, -0.15) is 0 Å². The third-order valence-electron chi connectivity index (χ3n) is 2.37. The summed E-state index contributed by atoms with van der Waals surface area (Å²) in [7, 11) is 0. The average molecular weight is 194 g/mol. The Kier molecular flexibility index (Phi) is 3.49. The number of aromatic hydroxyl groups is 1. The normalized spacial score (nSPS) is 13.2. The van der Waals surface area contributed by atoms with E-state index in [-0.39, 0.29) is 11.8 Å². The van der Waals surface area contributed by atoms with Crippen molar-refractivity contribution >= 4 is 0 Å². The van der Waals surface area contributed by atoms with Crippen LogP contribution in [0.15, 0.2) is 18.2 Å². The number of rotatable bonds is 3. The maximum atomic E-state index is 9.58. The third kappa shape index (κ3) is 2.25. The zero-order chi connectivity index (χ0) is 10.7. The molecule has 3 heteroatoms. The average Bonchev–Trinajstić information content (AvgIpc) is 2.17. The molecule has 1 aromatic carbocycles. The molecule has 0 radical (unpaired) electrons. The van der Waals surface area contributed by atoms with E-state index in [2.05, 4.69) is 13.8 Å². The lowest BCUT2D eigenvalue weighted by atomic mass is 9.97. The summed E-state index contributed by atoms with van der Waals surface area (Å²) in [5, 5.41) is 9.58. The largest absolute Gasteiger partial charge is 0.508 e. The highest BCUT2D eigenvalue weighted by atomic mass is 16.3. The van der Waals surface area contributed by atoms with E-state index in [0.29, 0.717) is 12.5 Å². The molecule has 0 aromatic heterocycles. The van der Waals surface area contributed by atoms with Crippen molar-refractivity contribution in [2.24, 2.45) is 11.5 Å². The molecule has 0 bridgehead atoms. The highest BCUT2D eigenvalue weighted by molar-refractivity contribution is 5.39. The second-order valence-corrected chi connectivity index (χ2v) is 3.82. The van der Waals surface area contributed by atoms with Crippen LogP contribution in [0.25, 0.3) is 0 Å².